The van der Waals surface area contributed by atoms with Crippen molar-refractivity contribution in [3.63, 3.8) is 0 Å². The maximum atomic E-state index is 12.1. The lowest BCUT2D eigenvalue weighted by Gasteiger charge is -2.37. The van der Waals surface area contributed by atoms with Gasteiger partial charge in [-0.2, -0.15) is 21.6 Å². The lowest BCUT2D eigenvalue weighted by molar-refractivity contribution is -0.0526. The summed E-state index contributed by atoms with van der Waals surface area (Å²) < 4.78 is 62.0. The quantitative estimate of drug-likeness (QED) is 0.577. The van der Waals surface area contributed by atoms with Crippen molar-refractivity contribution in [2.24, 2.45) is 0 Å². The van der Waals surface area contributed by atoms with Crippen molar-refractivity contribution in [1.29, 1.82) is 0 Å². The van der Waals surface area contributed by atoms with Crippen molar-refractivity contribution in [2.75, 3.05) is 13.1 Å². The largest absolute Gasteiger partial charge is 0.534 e. The van der Waals surface area contributed by atoms with E-state index in [1.807, 2.05) is 25.7 Å². The second-order valence-electron chi connectivity index (χ2n) is 5.02. The molecule has 0 aromatic rings. The van der Waals surface area contributed by atoms with Gasteiger partial charge in [-0.05, 0) is 26.8 Å². The maximum Gasteiger partial charge on any atom is 0.534 e. The van der Waals surface area contributed by atoms with Crippen molar-refractivity contribution in [3.05, 3.63) is 11.8 Å². The zero-order valence-electron chi connectivity index (χ0n) is 10.4. The summed E-state index contributed by atoms with van der Waals surface area (Å²) in [5, 5.41) is 0. The van der Waals surface area contributed by atoms with E-state index in [4.69, 9.17) is 0 Å². The zero-order chi connectivity index (χ0) is 14.2. The minimum Gasteiger partial charge on any atom is -0.381 e. The van der Waals surface area contributed by atoms with Crippen LogP contribution in [0.15, 0.2) is 11.8 Å². The SMILES string of the molecule is CC(C)(C)N1CC=C(OS(=O)(=O)C(F)(F)F)CC1. The van der Waals surface area contributed by atoms with Crippen LogP contribution in [0.25, 0.3) is 0 Å². The molecule has 0 N–H and O–H groups in total. The first-order valence-electron chi connectivity index (χ1n) is 5.38. The summed E-state index contributed by atoms with van der Waals surface area (Å²) in [6.45, 7) is 6.74. The molecule has 0 radical (unpaired) electrons. The van der Waals surface area contributed by atoms with Crippen LogP contribution in [-0.2, 0) is 14.3 Å². The molecular formula is C10H16F3NO3S. The predicted octanol–water partition coefficient (Wildman–Crippen LogP) is 2.24. The van der Waals surface area contributed by atoms with E-state index in [1.54, 1.807) is 0 Å². The summed E-state index contributed by atoms with van der Waals surface area (Å²) in [6, 6.07) is 0. The topological polar surface area (TPSA) is 46.6 Å². The average Bonchev–Trinajstić information content (AvgIpc) is 2.14. The number of rotatable bonds is 2. The smallest absolute Gasteiger partial charge is 0.381 e. The molecule has 0 unspecified atom stereocenters. The van der Waals surface area contributed by atoms with Crippen LogP contribution in [0.4, 0.5) is 13.2 Å². The second kappa shape index (κ2) is 4.73. The minimum atomic E-state index is -5.54. The van der Waals surface area contributed by atoms with Gasteiger partial charge in [0.1, 0.15) is 5.76 Å². The van der Waals surface area contributed by atoms with E-state index < -0.39 is 15.6 Å². The molecule has 0 atom stereocenters. The molecule has 0 spiro atoms. The predicted molar refractivity (Wildman–Crippen MR) is 60.1 cm³/mol. The van der Waals surface area contributed by atoms with Crippen molar-refractivity contribution < 1.29 is 25.8 Å². The highest BCUT2D eigenvalue weighted by Crippen LogP contribution is 2.29. The first kappa shape index (κ1) is 15.3. The van der Waals surface area contributed by atoms with Crippen LogP contribution in [0.1, 0.15) is 27.2 Å². The molecule has 0 aromatic carbocycles. The number of hydrogen-bond donors (Lipinski definition) is 0. The van der Waals surface area contributed by atoms with Gasteiger partial charge in [0.05, 0.1) is 0 Å². The highest BCUT2D eigenvalue weighted by Gasteiger charge is 2.49. The van der Waals surface area contributed by atoms with Crippen LogP contribution >= 0.6 is 0 Å². The van der Waals surface area contributed by atoms with Gasteiger partial charge in [0.25, 0.3) is 0 Å². The molecule has 0 amide bonds. The number of alkyl halides is 3. The van der Waals surface area contributed by atoms with E-state index in [9.17, 15) is 21.6 Å². The summed E-state index contributed by atoms with van der Waals surface area (Å²) in [7, 11) is -5.54. The summed E-state index contributed by atoms with van der Waals surface area (Å²) >= 11 is 0. The Hall–Kier alpha value is -0.760. The van der Waals surface area contributed by atoms with Crippen LogP contribution in [0.3, 0.4) is 0 Å². The molecular weight excluding hydrogens is 271 g/mol. The van der Waals surface area contributed by atoms with Gasteiger partial charge in [-0.3, -0.25) is 4.90 Å². The zero-order valence-corrected chi connectivity index (χ0v) is 11.2. The monoisotopic (exact) mass is 287 g/mol. The molecule has 0 bridgehead atoms. The minimum absolute atomic E-state index is 0.120. The molecule has 106 valence electrons. The summed E-state index contributed by atoms with van der Waals surface area (Å²) in [4.78, 5) is 2.01. The van der Waals surface area contributed by atoms with E-state index >= 15 is 0 Å². The molecule has 0 aromatic heterocycles. The third-order valence-electron chi connectivity index (χ3n) is 2.62. The van der Waals surface area contributed by atoms with Gasteiger partial charge < -0.3 is 4.18 Å². The standard InChI is InChI=1S/C10H16F3NO3S/c1-9(2,3)14-6-4-8(5-7-14)17-18(15,16)10(11,12)13/h4H,5-7H2,1-3H3. The average molecular weight is 287 g/mol. The second-order valence-corrected chi connectivity index (χ2v) is 6.56. The molecule has 1 rings (SSSR count). The Morgan fingerprint density at radius 3 is 2.17 bits per heavy atom. The number of nitrogens with zero attached hydrogens (tertiary/aromatic N) is 1. The molecule has 4 nitrogen and oxygen atoms in total. The Balaban J connectivity index is 2.72. The summed E-state index contributed by atoms with van der Waals surface area (Å²) in [5.74, 6) is -0.146. The van der Waals surface area contributed by atoms with Crippen molar-refractivity contribution in [1.82, 2.24) is 4.90 Å². The van der Waals surface area contributed by atoms with Crippen LogP contribution in [0, 0.1) is 0 Å². The fraction of sp³-hybridized carbons (Fsp3) is 0.800. The molecule has 0 saturated carbocycles. The Bertz CT molecular complexity index is 434. The Kier molecular flexibility index (Phi) is 4.02. The van der Waals surface area contributed by atoms with Gasteiger partial charge >= 0.3 is 15.6 Å². The molecule has 18 heavy (non-hydrogen) atoms. The van der Waals surface area contributed by atoms with Gasteiger partial charge in [0, 0.05) is 25.0 Å². The highest BCUT2D eigenvalue weighted by atomic mass is 32.2. The third kappa shape index (κ3) is 3.61. The highest BCUT2D eigenvalue weighted by molar-refractivity contribution is 7.87. The molecule has 1 aliphatic rings. The van der Waals surface area contributed by atoms with Crippen LogP contribution in [0.2, 0.25) is 0 Å². The van der Waals surface area contributed by atoms with Crippen molar-refractivity contribution in [3.8, 4) is 0 Å². The summed E-state index contributed by atoms with van der Waals surface area (Å²) in [6.07, 6.45) is 1.52. The lowest BCUT2D eigenvalue weighted by Crippen LogP contribution is -2.44. The van der Waals surface area contributed by atoms with E-state index in [0.717, 1.165) is 0 Å². The molecule has 1 heterocycles. The van der Waals surface area contributed by atoms with Gasteiger partial charge in [-0.15, -0.1) is 0 Å². The summed E-state index contributed by atoms with van der Waals surface area (Å²) in [5.41, 5.74) is -5.50. The molecule has 1 aliphatic heterocycles. The van der Waals surface area contributed by atoms with Crippen LogP contribution < -0.4 is 0 Å². The van der Waals surface area contributed by atoms with Gasteiger partial charge in [-0.25, -0.2) is 0 Å². The normalized spacial score (nSPS) is 19.6. The maximum absolute atomic E-state index is 12.1. The van der Waals surface area contributed by atoms with Crippen molar-refractivity contribution in [2.45, 2.75) is 38.2 Å². The van der Waals surface area contributed by atoms with E-state index in [-0.39, 0.29) is 17.7 Å². The Morgan fingerprint density at radius 1 is 1.28 bits per heavy atom. The van der Waals surface area contributed by atoms with E-state index in [1.165, 1.54) is 6.08 Å². The van der Waals surface area contributed by atoms with E-state index in [0.29, 0.717) is 13.1 Å². The Morgan fingerprint density at radius 2 is 1.83 bits per heavy atom. The third-order valence-corrected chi connectivity index (χ3v) is 3.62. The van der Waals surface area contributed by atoms with Crippen LogP contribution in [-0.4, -0.2) is 37.5 Å². The molecule has 0 saturated heterocycles. The first-order valence-corrected chi connectivity index (χ1v) is 6.79. The Labute approximate surface area is 105 Å². The fourth-order valence-corrected chi connectivity index (χ4v) is 2.05. The molecule has 0 fully saturated rings. The van der Waals surface area contributed by atoms with Crippen molar-refractivity contribution >= 4 is 10.1 Å². The number of hydrogen-bond acceptors (Lipinski definition) is 4. The van der Waals surface area contributed by atoms with Gasteiger partial charge in [0.15, 0.2) is 0 Å². The molecule has 8 heteroatoms. The lowest BCUT2D eigenvalue weighted by atomic mass is 10.0. The van der Waals surface area contributed by atoms with Gasteiger partial charge in [0.2, 0.25) is 0 Å². The van der Waals surface area contributed by atoms with E-state index in [2.05, 4.69) is 4.18 Å². The fourth-order valence-electron chi connectivity index (χ4n) is 1.52. The molecule has 0 aliphatic carbocycles. The number of halogens is 3. The van der Waals surface area contributed by atoms with Gasteiger partial charge in [-0.1, -0.05) is 0 Å². The first-order chi connectivity index (χ1) is 7.93. The van der Waals surface area contributed by atoms with Crippen LogP contribution in [0.5, 0.6) is 0 Å².